The Morgan fingerprint density at radius 1 is 1.36 bits per heavy atom. The van der Waals surface area contributed by atoms with Crippen LogP contribution in [0.15, 0.2) is 4.99 Å². The molecule has 0 aromatic carbocycles. The third kappa shape index (κ3) is 4.44. The van der Waals surface area contributed by atoms with Crippen molar-refractivity contribution < 1.29 is 0 Å². The summed E-state index contributed by atoms with van der Waals surface area (Å²) in [7, 11) is 6.33. The molecule has 2 heterocycles. The first-order chi connectivity index (χ1) is 9.95. The van der Waals surface area contributed by atoms with Crippen LogP contribution >= 0.6 is 35.7 Å². The van der Waals surface area contributed by atoms with E-state index in [9.17, 15) is 0 Å². The van der Waals surface area contributed by atoms with E-state index in [1.807, 2.05) is 7.05 Å². The second kappa shape index (κ2) is 8.42. The molecule has 2 unspecified atom stereocenters. The maximum Gasteiger partial charge on any atom is 0.193 e. The highest BCUT2D eigenvalue weighted by Gasteiger charge is 2.38. The standard InChI is InChI=1S/C16H32N4S.HI/c1-6-15(2)7-9-20(12-15)14(17-3)18-11-16(19(4)5)8-10-21-13-16;/h6-13H2,1-5H3,(H,17,18);1H. The van der Waals surface area contributed by atoms with Gasteiger partial charge < -0.3 is 15.1 Å². The van der Waals surface area contributed by atoms with Crippen molar-refractivity contribution >= 4 is 41.7 Å². The number of hydrogen-bond donors (Lipinski definition) is 1. The Hall–Kier alpha value is 0.310. The molecule has 0 radical (unpaired) electrons. The van der Waals surface area contributed by atoms with Gasteiger partial charge in [0.1, 0.15) is 0 Å². The van der Waals surface area contributed by atoms with E-state index in [-0.39, 0.29) is 29.5 Å². The lowest BCUT2D eigenvalue weighted by atomic mass is 9.87. The summed E-state index contributed by atoms with van der Waals surface area (Å²) in [6.07, 6.45) is 3.79. The number of thioether (sulfide) groups is 1. The van der Waals surface area contributed by atoms with Gasteiger partial charge in [-0.3, -0.25) is 4.99 Å². The average molecular weight is 440 g/mol. The van der Waals surface area contributed by atoms with Crippen molar-refractivity contribution in [3.63, 3.8) is 0 Å². The highest BCUT2D eigenvalue weighted by atomic mass is 127. The Kier molecular flexibility index (Phi) is 7.79. The van der Waals surface area contributed by atoms with Gasteiger partial charge in [-0.05, 0) is 44.5 Å². The summed E-state index contributed by atoms with van der Waals surface area (Å²) in [4.78, 5) is 9.36. The Morgan fingerprint density at radius 3 is 2.55 bits per heavy atom. The van der Waals surface area contributed by atoms with E-state index in [2.05, 4.69) is 59.8 Å². The van der Waals surface area contributed by atoms with Gasteiger partial charge in [-0.15, -0.1) is 24.0 Å². The fourth-order valence-corrected chi connectivity index (χ4v) is 4.87. The van der Waals surface area contributed by atoms with Crippen LogP contribution in [0.1, 0.15) is 33.1 Å². The van der Waals surface area contributed by atoms with Crippen LogP contribution in [0.3, 0.4) is 0 Å². The van der Waals surface area contributed by atoms with Gasteiger partial charge in [0.15, 0.2) is 5.96 Å². The van der Waals surface area contributed by atoms with Gasteiger partial charge in [0, 0.05) is 38.0 Å². The van der Waals surface area contributed by atoms with Crippen molar-refractivity contribution in [2.45, 2.75) is 38.6 Å². The molecule has 4 nitrogen and oxygen atoms in total. The fraction of sp³-hybridized carbons (Fsp3) is 0.938. The van der Waals surface area contributed by atoms with E-state index in [0.29, 0.717) is 5.41 Å². The maximum absolute atomic E-state index is 4.53. The Bertz CT molecular complexity index is 382. The van der Waals surface area contributed by atoms with Crippen LogP contribution < -0.4 is 5.32 Å². The van der Waals surface area contributed by atoms with Crippen molar-refractivity contribution in [3.8, 4) is 0 Å². The van der Waals surface area contributed by atoms with Crippen molar-refractivity contribution in [1.82, 2.24) is 15.1 Å². The molecule has 2 rings (SSSR count). The first kappa shape index (κ1) is 20.4. The number of guanidine groups is 1. The molecule has 2 aliphatic heterocycles. The molecule has 6 heteroatoms. The molecule has 1 N–H and O–H groups in total. The molecule has 0 aromatic heterocycles. The molecule has 2 saturated heterocycles. The zero-order valence-corrected chi connectivity index (χ0v) is 18.0. The van der Waals surface area contributed by atoms with Gasteiger partial charge in [-0.2, -0.15) is 11.8 Å². The molecule has 0 aromatic rings. The van der Waals surface area contributed by atoms with Gasteiger partial charge in [-0.1, -0.05) is 13.8 Å². The van der Waals surface area contributed by atoms with E-state index in [0.717, 1.165) is 25.6 Å². The number of nitrogens with one attached hydrogen (secondary N) is 1. The zero-order chi connectivity index (χ0) is 15.5. The Labute approximate surface area is 157 Å². The largest absolute Gasteiger partial charge is 0.354 e. The Morgan fingerprint density at radius 2 is 2.09 bits per heavy atom. The molecule has 2 fully saturated rings. The van der Waals surface area contributed by atoms with Crippen LogP contribution in [-0.4, -0.2) is 73.6 Å². The highest BCUT2D eigenvalue weighted by molar-refractivity contribution is 14.0. The van der Waals surface area contributed by atoms with E-state index in [4.69, 9.17) is 0 Å². The SMILES string of the molecule is CCC1(C)CCN(C(=NC)NCC2(N(C)C)CCSC2)C1.I. The summed E-state index contributed by atoms with van der Waals surface area (Å²) in [6, 6.07) is 0. The predicted octanol–water partition coefficient (Wildman–Crippen LogP) is 2.74. The van der Waals surface area contributed by atoms with Crippen LogP contribution in [0.25, 0.3) is 0 Å². The highest BCUT2D eigenvalue weighted by Crippen LogP contribution is 2.34. The summed E-state index contributed by atoms with van der Waals surface area (Å²) in [5.74, 6) is 3.58. The Balaban J connectivity index is 0.00000242. The third-order valence-electron chi connectivity index (χ3n) is 5.53. The van der Waals surface area contributed by atoms with Gasteiger partial charge in [0.25, 0.3) is 0 Å². The summed E-state index contributed by atoms with van der Waals surface area (Å²) >= 11 is 2.07. The molecule has 0 aliphatic carbocycles. The maximum atomic E-state index is 4.53. The third-order valence-corrected chi connectivity index (χ3v) is 6.76. The van der Waals surface area contributed by atoms with Crippen LogP contribution in [0.5, 0.6) is 0 Å². The quantitative estimate of drug-likeness (QED) is 0.414. The number of rotatable bonds is 4. The number of likely N-dealkylation sites (N-methyl/N-ethyl adjacent to an activating group) is 1. The molecule has 130 valence electrons. The molecule has 0 spiro atoms. The second-order valence-electron chi connectivity index (χ2n) is 7.16. The van der Waals surface area contributed by atoms with Crippen LogP contribution in [0.2, 0.25) is 0 Å². The zero-order valence-electron chi connectivity index (χ0n) is 14.8. The van der Waals surface area contributed by atoms with Crippen molar-refractivity contribution in [1.29, 1.82) is 0 Å². The topological polar surface area (TPSA) is 30.9 Å². The number of hydrogen-bond acceptors (Lipinski definition) is 3. The minimum absolute atomic E-state index is 0. The lowest BCUT2D eigenvalue weighted by molar-refractivity contribution is 0.181. The lowest BCUT2D eigenvalue weighted by Crippen LogP contribution is -2.55. The number of likely N-dealkylation sites (tertiary alicyclic amines) is 1. The molecule has 0 amide bonds. The van der Waals surface area contributed by atoms with Crippen LogP contribution in [0, 0.1) is 5.41 Å². The van der Waals surface area contributed by atoms with Crippen molar-refractivity contribution in [2.24, 2.45) is 10.4 Å². The molecule has 2 aliphatic rings. The minimum atomic E-state index is 0. The van der Waals surface area contributed by atoms with Crippen LogP contribution in [-0.2, 0) is 0 Å². The van der Waals surface area contributed by atoms with Crippen LogP contribution in [0.4, 0.5) is 0 Å². The van der Waals surface area contributed by atoms with Crippen molar-refractivity contribution in [3.05, 3.63) is 0 Å². The van der Waals surface area contributed by atoms with Gasteiger partial charge in [-0.25, -0.2) is 0 Å². The van der Waals surface area contributed by atoms with E-state index < -0.39 is 0 Å². The lowest BCUT2D eigenvalue weighted by Gasteiger charge is -2.37. The smallest absolute Gasteiger partial charge is 0.193 e. The van der Waals surface area contributed by atoms with Gasteiger partial charge in [0.2, 0.25) is 0 Å². The summed E-state index contributed by atoms with van der Waals surface area (Å²) < 4.78 is 0. The molecule has 0 saturated carbocycles. The van der Waals surface area contributed by atoms with Gasteiger partial charge >= 0.3 is 0 Å². The molecular weight excluding hydrogens is 407 g/mol. The summed E-state index contributed by atoms with van der Waals surface area (Å²) in [5.41, 5.74) is 0.744. The number of halogens is 1. The predicted molar refractivity (Wildman–Crippen MR) is 110 cm³/mol. The van der Waals surface area contributed by atoms with E-state index in [1.165, 1.54) is 30.8 Å². The summed E-state index contributed by atoms with van der Waals surface area (Å²) in [5, 5.41) is 3.66. The number of nitrogens with zero attached hydrogens (tertiary/aromatic N) is 3. The molecule has 2 atom stereocenters. The first-order valence-corrected chi connectivity index (χ1v) is 9.31. The van der Waals surface area contributed by atoms with Gasteiger partial charge in [0.05, 0.1) is 0 Å². The monoisotopic (exact) mass is 440 g/mol. The van der Waals surface area contributed by atoms with Crippen molar-refractivity contribution in [2.75, 3.05) is 52.3 Å². The molecule has 0 bridgehead atoms. The minimum Gasteiger partial charge on any atom is -0.354 e. The number of aliphatic imine (C=N–C) groups is 1. The fourth-order valence-electron chi connectivity index (χ4n) is 3.32. The summed E-state index contributed by atoms with van der Waals surface area (Å²) in [6.45, 7) is 7.96. The van der Waals surface area contributed by atoms with E-state index >= 15 is 0 Å². The second-order valence-corrected chi connectivity index (χ2v) is 8.26. The van der Waals surface area contributed by atoms with E-state index in [1.54, 1.807) is 0 Å². The normalized spacial score (nSPS) is 32.5. The molecular formula is C16H33IN4S. The average Bonchev–Trinajstić information content (AvgIpc) is 3.08. The first-order valence-electron chi connectivity index (χ1n) is 8.15. The molecule has 22 heavy (non-hydrogen) atoms.